The number of benzene rings is 2. The molecule has 0 saturated carbocycles. The van der Waals surface area contributed by atoms with E-state index >= 15 is 0 Å². The van der Waals surface area contributed by atoms with Gasteiger partial charge in [0.2, 0.25) is 0 Å². The van der Waals surface area contributed by atoms with Crippen molar-refractivity contribution >= 4 is 21.6 Å². The lowest BCUT2D eigenvalue weighted by Gasteiger charge is -2.02. The van der Waals surface area contributed by atoms with E-state index in [1.807, 2.05) is 6.92 Å². The van der Waals surface area contributed by atoms with Crippen molar-refractivity contribution in [2.45, 2.75) is 11.8 Å². The Morgan fingerprint density at radius 2 is 1.70 bits per heavy atom. The van der Waals surface area contributed by atoms with Crippen molar-refractivity contribution in [1.82, 2.24) is 0 Å². The molecule has 2 aromatic rings. The third-order valence-corrected chi connectivity index (χ3v) is 4.43. The van der Waals surface area contributed by atoms with Gasteiger partial charge in [-0.3, -0.25) is 10.1 Å². The van der Waals surface area contributed by atoms with Gasteiger partial charge in [-0.25, -0.2) is 8.42 Å². The molecular formula is C16H15NO5S. The number of non-ortho nitro benzene ring substituents is 1. The van der Waals surface area contributed by atoms with Crippen molar-refractivity contribution in [2.24, 2.45) is 0 Å². The maximum Gasteiger partial charge on any atom is 0.269 e. The molecule has 6 nitrogen and oxygen atoms in total. The van der Waals surface area contributed by atoms with Crippen LogP contribution in [0.3, 0.4) is 0 Å². The van der Waals surface area contributed by atoms with Gasteiger partial charge in [-0.05, 0) is 42.8 Å². The molecule has 0 aliphatic rings. The van der Waals surface area contributed by atoms with Crippen molar-refractivity contribution < 1.29 is 18.1 Å². The lowest BCUT2D eigenvalue weighted by molar-refractivity contribution is -0.384. The van der Waals surface area contributed by atoms with Crippen LogP contribution < -0.4 is 4.74 Å². The van der Waals surface area contributed by atoms with E-state index in [1.54, 1.807) is 24.3 Å². The second-order valence-electron chi connectivity index (χ2n) is 4.60. The summed E-state index contributed by atoms with van der Waals surface area (Å²) in [5.74, 6) is 0.711. The molecule has 120 valence electrons. The zero-order valence-corrected chi connectivity index (χ0v) is 13.2. The third-order valence-electron chi connectivity index (χ3n) is 3.01. The molecule has 0 bridgehead atoms. The highest BCUT2D eigenvalue weighted by Crippen LogP contribution is 2.19. The molecule has 2 aromatic carbocycles. The van der Waals surface area contributed by atoms with Gasteiger partial charge in [-0.1, -0.05) is 12.1 Å². The molecule has 0 amide bonds. The van der Waals surface area contributed by atoms with Gasteiger partial charge < -0.3 is 4.74 Å². The summed E-state index contributed by atoms with van der Waals surface area (Å²) in [4.78, 5) is 10.0. The molecule has 2 rings (SSSR count). The molecule has 0 spiro atoms. The summed E-state index contributed by atoms with van der Waals surface area (Å²) in [6.07, 6.45) is 1.46. The van der Waals surface area contributed by atoms with E-state index in [0.29, 0.717) is 17.9 Å². The molecule has 23 heavy (non-hydrogen) atoms. The van der Waals surface area contributed by atoms with Gasteiger partial charge in [0.15, 0.2) is 9.84 Å². The van der Waals surface area contributed by atoms with Gasteiger partial charge in [-0.15, -0.1) is 0 Å². The minimum absolute atomic E-state index is 0.00489. The van der Waals surface area contributed by atoms with Gasteiger partial charge in [0.1, 0.15) is 5.75 Å². The predicted molar refractivity (Wildman–Crippen MR) is 86.9 cm³/mol. The third kappa shape index (κ3) is 4.40. The first-order valence-corrected chi connectivity index (χ1v) is 8.37. The normalized spacial score (nSPS) is 11.5. The van der Waals surface area contributed by atoms with Gasteiger partial charge in [-0.2, -0.15) is 0 Å². The van der Waals surface area contributed by atoms with Crippen LogP contribution >= 0.6 is 0 Å². The number of rotatable bonds is 6. The number of ether oxygens (including phenoxy) is 1. The highest BCUT2D eigenvalue weighted by atomic mass is 32.2. The van der Waals surface area contributed by atoms with E-state index in [1.165, 1.54) is 18.2 Å². The first kappa shape index (κ1) is 16.7. The molecule has 0 heterocycles. The molecule has 0 radical (unpaired) electrons. The van der Waals surface area contributed by atoms with Crippen LogP contribution in [-0.4, -0.2) is 19.9 Å². The van der Waals surface area contributed by atoms with Crippen LogP contribution in [-0.2, 0) is 9.84 Å². The SMILES string of the molecule is CCOc1ccc(/C=C/S(=O)(=O)c2ccc([N+](=O)[O-])cc2)cc1. The standard InChI is InChI=1S/C16H15NO5S/c1-2-22-15-7-3-13(4-8-15)11-12-23(20,21)16-9-5-14(6-10-16)17(18)19/h3-12H,2H2,1H3/b12-11+. The first-order chi connectivity index (χ1) is 10.9. The molecule has 0 atom stereocenters. The second kappa shape index (κ2) is 7.06. The second-order valence-corrected chi connectivity index (χ2v) is 6.43. The van der Waals surface area contributed by atoms with Crippen molar-refractivity contribution in [3.05, 3.63) is 69.6 Å². The minimum atomic E-state index is -3.66. The predicted octanol–water partition coefficient (Wildman–Crippen LogP) is 3.44. The van der Waals surface area contributed by atoms with Crippen LogP contribution in [0.1, 0.15) is 12.5 Å². The smallest absolute Gasteiger partial charge is 0.269 e. The van der Waals surface area contributed by atoms with Crippen molar-refractivity contribution in [1.29, 1.82) is 0 Å². The lowest BCUT2D eigenvalue weighted by atomic mass is 10.2. The van der Waals surface area contributed by atoms with E-state index in [9.17, 15) is 18.5 Å². The largest absolute Gasteiger partial charge is 0.494 e. The number of nitrogens with zero attached hydrogens (tertiary/aromatic N) is 1. The fourth-order valence-corrected chi connectivity index (χ4v) is 2.85. The summed E-state index contributed by atoms with van der Waals surface area (Å²) in [5, 5.41) is 11.7. The number of nitro groups is 1. The number of sulfone groups is 1. The Kier molecular flexibility index (Phi) is 5.13. The highest BCUT2D eigenvalue weighted by Gasteiger charge is 2.12. The summed E-state index contributed by atoms with van der Waals surface area (Å²) in [6, 6.07) is 11.8. The van der Waals surface area contributed by atoms with E-state index < -0.39 is 14.8 Å². The monoisotopic (exact) mass is 333 g/mol. The van der Waals surface area contributed by atoms with Gasteiger partial charge in [0.05, 0.1) is 16.4 Å². The van der Waals surface area contributed by atoms with E-state index in [-0.39, 0.29) is 10.6 Å². The summed E-state index contributed by atoms with van der Waals surface area (Å²) in [5.41, 5.74) is 0.554. The Labute approximate surface area is 134 Å². The lowest BCUT2D eigenvalue weighted by Crippen LogP contribution is -1.97. The van der Waals surface area contributed by atoms with E-state index in [4.69, 9.17) is 4.74 Å². The van der Waals surface area contributed by atoms with E-state index in [2.05, 4.69) is 0 Å². The van der Waals surface area contributed by atoms with Crippen LogP contribution in [0.5, 0.6) is 5.75 Å². The molecule has 0 aliphatic carbocycles. The summed E-state index contributed by atoms with van der Waals surface area (Å²) < 4.78 is 29.7. The number of hydrogen-bond donors (Lipinski definition) is 0. The maximum atomic E-state index is 12.2. The fourth-order valence-electron chi connectivity index (χ4n) is 1.85. The average molecular weight is 333 g/mol. The first-order valence-electron chi connectivity index (χ1n) is 6.83. The molecule has 0 saturated heterocycles. The van der Waals surface area contributed by atoms with Crippen LogP contribution in [0.4, 0.5) is 5.69 Å². The maximum absolute atomic E-state index is 12.2. The van der Waals surface area contributed by atoms with Gasteiger partial charge in [0.25, 0.3) is 5.69 Å². The van der Waals surface area contributed by atoms with Crippen LogP contribution in [0.2, 0.25) is 0 Å². The fraction of sp³-hybridized carbons (Fsp3) is 0.125. The molecule has 7 heteroatoms. The summed E-state index contributed by atoms with van der Waals surface area (Å²) in [7, 11) is -3.66. The summed E-state index contributed by atoms with van der Waals surface area (Å²) in [6.45, 7) is 2.44. The van der Waals surface area contributed by atoms with Crippen molar-refractivity contribution in [2.75, 3.05) is 6.61 Å². The molecule has 0 unspecified atom stereocenters. The Morgan fingerprint density at radius 1 is 1.09 bits per heavy atom. The highest BCUT2D eigenvalue weighted by molar-refractivity contribution is 7.94. The van der Waals surface area contributed by atoms with Gasteiger partial charge in [0, 0.05) is 17.5 Å². The number of hydrogen-bond acceptors (Lipinski definition) is 5. The Morgan fingerprint density at radius 3 is 2.22 bits per heavy atom. The Balaban J connectivity index is 2.18. The number of nitro benzene ring substituents is 1. The van der Waals surface area contributed by atoms with Crippen molar-refractivity contribution in [3.63, 3.8) is 0 Å². The van der Waals surface area contributed by atoms with Crippen molar-refractivity contribution in [3.8, 4) is 5.75 Å². The molecule has 0 aromatic heterocycles. The zero-order valence-electron chi connectivity index (χ0n) is 12.4. The van der Waals surface area contributed by atoms with Gasteiger partial charge >= 0.3 is 0 Å². The van der Waals surface area contributed by atoms with E-state index in [0.717, 1.165) is 17.5 Å². The molecule has 0 N–H and O–H groups in total. The zero-order chi connectivity index (χ0) is 16.9. The topological polar surface area (TPSA) is 86.5 Å². The van der Waals surface area contributed by atoms with Crippen LogP contribution in [0, 0.1) is 10.1 Å². The molecular weight excluding hydrogens is 318 g/mol. The Bertz CT molecular complexity index is 809. The summed E-state index contributed by atoms with van der Waals surface area (Å²) >= 11 is 0. The quantitative estimate of drug-likeness (QED) is 0.597. The van der Waals surface area contributed by atoms with Crippen LogP contribution in [0.25, 0.3) is 6.08 Å². The van der Waals surface area contributed by atoms with Crippen LogP contribution in [0.15, 0.2) is 58.8 Å². The molecule has 0 aliphatic heterocycles. The molecule has 0 fully saturated rings. The minimum Gasteiger partial charge on any atom is -0.494 e. The average Bonchev–Trinajstić information content (AvgIpc) is 2.55. The Hall–Kier alpha value is -2.67.